The Morgan fingerprint density at radius 2 is 1.93 bits per heavy atom. The van der Waals surface area contributed by atoms with Crippen LogP contribution in [0, 0.1) is 11.3 Å². The van der Waals surface area contributed by atoms with Crippen LogP contribution >= 0.6 is 0 Å². The van der Waals surface area contributed by atoms with Gasteiger partial charge in [-0.2, -0.15) is 14.9 Å². The van der Waals surface area contributed by atoms with Gasteiger partial charge in [0.25, 0.3) is 0 Å². The maximum absolute atomic E-state index is 8.90. The predicted molar refractivity (Wildman–Crippen MR) is 101 cm³/mol. The number of nitrogens with one attached hydrogen (secondary N) is 1. The number of nitriles is 1. The summed E-state index contributed by atoms with van der Waals surface area (Å²) in [5, 5.41) is 16.9. The van der Waals surface area contributed by atoms with Crippen LogP contribution < -0.4 is 15.0 Å². The number of hydrogen-bond donors (Lipinski definition) is 1. The highest BCUT2D eigenvalue weighted by molar-refractivity contribution is 5.59. The molecule has 1 saturated heterocycles. The van der Waals surface area contributed by atoms with Gasteiger partial charge in [0.1, 0.15) is 17.7 Å². The summed E-state index contributed by atoms with van der Waals surface area (Å²) in [6, 6.07) is 11.4. The van der Waals surface area contributed by atoms with Gasteiger partial charge in [0.15, 0.2) is 5.65 Å². The van der Waals surface area contributed by atoms with Crippen LogP contribution in [0.1, 0.15) is 16.8 Å². The Morgan fingerprint density at radius 1 is 1.11 bits per heavy atom. The topological polar surface area (TPSA) is 78.5 Å². The van der Waals surface area contributed by atoms with E-state index in [-0.39, 0.29) is 6.10 Å². The van der Waals surface area contributed by atoms with Crippen LogP contribution in [0.3, 0.4) is 0 Å². The van der Waals surface area contributed by atoms with Crippen LogP contribution in [0.25, 0.3) is 5.65 Å². The third-order valence-corrected chi connectivity index (χ3v) is 5.22. The van der Waals surface area contributed by atoms with Gasteiger partial charge in [-0.1, -0.05) is 0 Å². The van der Waals surface area contributed by atoms with Gasteiger partial charge < -0.3 is 15.0 Å². The van der Waals surface area contributed by atoms with E-state index in [0.29, 0.717) is 5.56 Å². The number of hydrogen-bond acceptors (Lipinski definition) is 6. The van der Waals surface area contributed by atoms with Crippen LogP contribution in [0.2, 0.25) is 0 Å². The molecule has 0 atom stereocenters. The number of nitrogens with zero attached hydrogens (tertiary/aromatic N) is 5. The largest absolute Gasteiger partial charge is 0.487 e. The zero-order valence-corrected chi connectivity index (χ0v) is 14.9. The van der Waals surface area contributed by atoms with E-state index in [2.05, 4.69) is 21.4 Å². The molecule has 0 saturated carbocycles. The number of aromatic nitrogens is 3. The fourth-order valence-corrected chi connectivity index (χ4v) is 3.83. The molecule has 0 bridgehead atoms. The van der Waals surface area contributed by atoms with Crippen LogP contribution in [0.5, 0.6) is 5.75 Å². The second-order valence-corrected chi connectivity index (χ2v) is 6.99. The lowest BCUT2D eigenvalue weighted by molar-refractivity contribution is 0.166. The van der Waals surface area contributed by atoms with Crippen molar-refractivity contribution in [2.45, 2.75) is 18.9 Å². The molecule has 0 unspecified atom stereocenters. The van der Waals surface area contributed by atoms with Gasteiger partial charge in [0.2, 0.25) is 0 Å². The van der Waals surface area contributed by atoms with Crippen LogP contribution in [0.15, 0.2) is 36.5 Å². The molecule has 4 heterocycles. The molecule has 2 aliphatic heterocycles. The smallest absolute Gasteiger partial charge is 0.157 e. The summed E-state index contributed by atoms with van der Waals surface area (Å²) in [4.78, 5) is 7.15. The highest BCUT2D eigenvalue weighted by Gasteiger charge is 2.33. The molecule has 5 rings (SSSR count). The molecule has 1 aromatic carbocycles. The van der Waals surface area contributed by atoms with Crippen molar-refractivity contribution in [3.63, 3.8) is 0 Å². The van der Waals surface area contributed by atoms with Crippen molar-refractivity contribution in [3.05, 3.63) is 53.3 Å². The molecular weight excluding hydrogens is 340 g/mol. The number of ether oxygens (including phenoxy) is 1. The Kier molecular flexibility index (Phi) is 3.91. The van der Waals surface area contributed by atoms with Crippen molar-refractivity contribution in [2.24, 2.45) is 0 Å². The van der Waals surface area contributed by atoms with Gasteiger partial charge in [-0.15, -0.1) is 0 Å². The standard InChI is InChI=1S/C20H20N6O/c21-11-14-1-3-15(4-2-14)27-16-12-25(13-16)20-17-5-8-22-9-6-18(17)24-19-7-10-23-26(19)20/h1-4,7,10,16,22H,5-6,8-9,12-13H2. The Labute approximate surface area is 157 Å². The van der Waals surface area contributed by atoms with Crippen LogP contribution in [0.4, 0.5) is 5.82 Å². The summed E-state index contributed by atoms with van der Waals surface area (Å²) < 4.78 is 8.02. The summed E-state index contributed by atoms with van der Waals surface area (Å²) in [5.74, 6) is 1.96. The molecule has 3 aromatic rings. The maximum Gasteiger partial charge on any atom is 0.157 e. The van der Waals surface area contributed by atoms with E-state index in [0.717, 1.165) is 56.2 Å². The van der Waals surface area contributed by atoms with Crippen molar-refractivity contribution in [1.82, 2.24) is 19.9 Å². The van der Waals surface area contributed by atoms with Crippen molar-refractivity contribution in [2.75, 3.05) is 31.1 Å². The fraction of sp³-hybridized carbons (Fsp3) is 0.350. The maximum atomic E-state index is 8.90. The molecule has 136 valence electrons. The van der Waals surface area contributed by atoms with E-state index in [1.54, 1.807) is 12.1 Å². The molecule has 0 radical (unpaired) electrons. The highest BCUT2D eigenvalue weighted by atomic mass is 16.5. The first-order chi connectivity index (χ1) is 13.3. The third kappa shape index (κ3) is 2.88. The summed E-state index contributed by atoms with van der Waals surface area (Å²) in [6.07, 6.45) is 3.86. The minimum absolute atomic E-state index is 0.135. The van der Waals surface area contributed by atoms with E-state index < -0.39 is 0 Å². The van der Waals surface area contributed by atoms with E-state index in [1.807, 2.05) is 28.9 Å². The lowest BCUT2D eigenvalue weighted by atomic mass is 10.1. The molecular formula is C20H20N6O. The summed E-state index contributed by atoms with van der Waals surface area (Å²) in [6.45, 7) is 3.57. The van der Waals surface area contributed by atoms with Crippen LogP contribution in [-0.4, -0.2) is 46.9 Å². The van der Waals surface area contributed by atoms with Crippen molar-refractivity contribution in [1.29, 1.82) is 5.26 Å². The third-order valence-electron chi connectivity index (χ3n) is 5.22. The molecule has 1 N–H and O–H groups in total. The first-order valence-electron chi connectivity index (χ1n) is 9.30. The van der Waals surface area contributed by atoms with Crippen molar-refractivity contribution < 1.29 is 4.74 Å². The zero-order chi connectivity index (χ0) is 18.2. The first kappa shape index (κ1) is 16.1. The number of rotatable bonds is 3. The van der Waals surface area contributed by atoms with Crippen molar-refractivity contribution in [3.8, 4) is 11.8 Å². The molecule has 0 spiro atoms. The lowest BCUT2D eigenvalue weighted by Gasteiger charge is -2.41. The van der Waals surface area contributed by atoms with Gasteiger partial charge >= 0.3 is 0 Å². The van der Waals surface area contributed by atoms with E-state index in [1.165, 1.54) is 11.3 Å². The molecule has 2 aromatic heterocycles. The average molecular weight is 360 g/mol. The zero-order valence-electron chi connectivity index (χ0n) is 14.9. The Balaban J connectivity index is 1.38. The van der Waals surface area contributed by atoms with Gasteiger partial charge in [0, 0.05) is 24.6 Å². The molecule has 7 nitrogen and oxygen atoms in total. The normalized spacial score (nSPS) is 17.1. The number of benzene rings is 1. The van der Waals surface area contributed by atoms with Crippen molar-refractivity contribution >= 4 is 11.5 Å². The molecule has 2 aliphatic rings. The van der Waals surface area contributed by atoms with Crippen LogP contribution in [-0.2, 0) is 12.8 Å². The Morgan fingerprint density at radius 3 is 2.74 bits per heavy atom. The summed E-state index contributed by atoms with van der Waals surface area (Å²) >= 11 is 0. The first-order valence-corrected chi connectivity index (χ1v) is 9.30. The van der Waals surface area contributed by atoms with E-state index in [9.17, 15) is 0 Å². The minimum Gasteiger partial charge on any atom is -0.487 e. The van der Waals surface area contributed by atoms with Gasteiger partial charge in [-0.3, -0.25) is 0 Å². The second-order valence-electron chi connectivity index (χ2n) is 6.99. The number of fused-ring (bicyclic) bond motifs is 2. The second kappa shape index (κ2) is 6.56. The lowest BCUT2D eigenvalue weighted by Crippen LogP contribution is -2.55. The molecule has 1 fully saturated rings. The molecule has 27 heavy (non-hydrogen) atoms. The molecule has 0 aliphatic carbocycles. The number of anilines is 1. The summed E-state index contributed by atoms with van der Waals surface area (Å²) in [5.41, 5.74) is 4.03. The summed E-state index contributed by atoms with van der Waals surface area (Å²) in [7, 11) is 0. The predicted octanol–water partition coefficient (Wildman–Crippen LogP) is 1.56. The Hall–Kier alpha value is -3.11. The monoisotopic (exact) mass is 360 g/mol. The van der Waals surface area contributed by atoms with Gasteiger partial charge in [0.05, 0.1) is 36.6 Å². The highest BCUT2D eigenvalue weighted by Crippen LogP contribution is 2.30. The molecule has 0 amide bonds. The average Bonchev–Trinajstić information content (AvgIpc) is 3.00. The minimum atomic E-state index is 0.135. The Bertz CT molecular complexity index is 1010. The van der Waals surface area contributed by atoms with Gasteiger partial charge in [-0.05, 0) is 37.2 Å². The van der Waals surface area contributed by atoms with Gasteiger partial charge in [-0.25, -0.2) is 4.98 Å². The quantitative estimate of drug-likeness (QED) is 0.764. The SMILES string of the molecule is N#Cc1ccc(OC2CN(c3c4c(nc5ccnn35)CCNCC4)C2)cc1. The fourth-order valence-electron chi connectivity index (χ4n) is 3.83. The molecule has 7 heteroatoms. The van der Waals surface area contributed by atoms with E-state index in [4.69, 9.17) is 15.0 Å². The van der Waals surface area contributed by atoms with E-state index >= 15 is 0 Å².